The van der Waals surface area contributed by atoms with E-state index in [2.05, 4.69) is 24.6 Å². The van der Waals surface area contributed by atoms with E-state index in [4.69, 9.17) is 9.52 Å². The molecule has 4 rings (SSSR count). The molecule has 0 spiro atoms. The molecule has 5 heteroatoms. The van der Waals surface area contributed by atoms with Gasteiger partial charge in [-0.1, -0.05) is 62.4 Å². The van der Waals surface area contributed by atoms with Crippen molar-refractivity contribution in [2.75, 3.05) is 5.43 Å². The molecule has 1 aliphatic carbocycles. The minimum absolute atomic E-state index is 0.00623. The second-order valence-electron chi connectivity index (χ2n) is 8.58. The fraction of sp³-hybridized carbons (Fsp3) is 0.280. The van der Waals surface area contributed by atoms with Crippen LogP contribution >= 0.6 is 0 Å². The van der Waals surface area contributed by atoms with Crippen molar-refractivity contribution in [1.82, 2.24) is 5.32 Å². The zero-order valence-electron chi connectivity index (χ0n) is 17.7. The predicted octanol–water partition coefficient (Wildman–Crippen LogP) is 5.31. The van der Waals surface area contributed by atoms with E-state index >= 15 is 0 Å². The molecule has 0 bridgehead atoms. The first-order chi connectivity index (χ1) is 14.4. The van der Waals surface area contributed by atoms with E-state index in [0.29, 0.717) is 12.3 Å². The minimum Gasteiger partial charge on any atom is -0.455 e. The molecule has 3 aromatic rings. The van der Waals surface area contributed by atoms with Crippen molar-refractivity contribution in [3.8, 4) is 0 Å². The average molecular weight is 402 g/mol. The maximum atomic E-state index is 12.8. The lowest BCUT2D eigenvalue weighted by atomic mass is 9.75. The molecule has 0 aliphatic heterocycles. The number of amides is 1. The molecule has 2 aromatic carbocycles. The van der Waals surface area contributed by atoms with Gasteiger partial charge < -0.3 is 9.73 Å². The minimum atomic E-state index is -0.195. The van der Waals surface area contributed by atoms with Crippen molar-refractivity contribution in [2.45, 2.75) is 40.2 Å². The molecule has 1 amide bonds. The summed E-state index contributed by atoms with van der Waals surface area (Å²) in [6, 6.07) is 19.7. The van der Waals surface area contributed by atoms with Crippen LogP contribution in [0.15, 0.2) is 70.2 Å². The van der Waals surface area contributed by atoms with Gasteiger partial charge in [0.15, 0.2) is 5.76 Å². The number of carbonyl (C=O) groups is 1. The maximum Gasteiger partial charge on any atom is 0.287 e. The zero-order valence-corrected chi connectivity index (χ0v) is 17.7. The molecular formula is C25H27N3O2. The van der Waals surface area contributed by atoms with Crippen LogP contribution in [0.5, 0.6) is 0 Å². The van der Waals surface area contributed by atoms with Crippen LogP contribution in [0.25, 0.3) is 0 Å². The van der Waals surface area contributed by atoms with Crippen molar-refractivity contribution in [3.05, 3.63) is 88.9 Å². The number of nitrogens with zero attached hydrogens (tertiary/aromatic N) is 1. The van der Waals surface area contributed by atoms with E-state index in [1.54, 1.807) is 0 Å². The Balaban J connectivity index is 1.60. The van der Waals surface area contributed by atoms with Crippen LogP contribution in [-0.2, 0) is 13.0 Å². The smallest absolute Gasteiger partial charge is 0.287 e. The number of hydrazone groups is 1. The van der Waals surface area contributed by atoms with Gasteiger partial charge in [0.05, 0.1) is 11.4 Å². The highest BCUT2D eigenvalue weighted by Crippen LogP contribution is 2.39. The highest BCUT2D eigenvalue weighted by molar-refractivity contribution is 6.07. The Morgan fingerprint density at radius 2 is 1.70 bits per heavy atom. The van der Waals surface area contributed by atoms with Crippen LogP contribution in [0, 0.1) is 12.3 Å². The normalized spacial score (nSPS) is 16.2. The van der Waals surface area contributed by atoms with Gasteiger partial charge >= 0.3 is 0 Å². The molecule has 0 radical (unpaired) electrons. The lowest BCUT2D eigenvalue weighted by Crippen LogP contribution is -2.27. The van der Waals surface area contributed by atoms with Gasteiger partial charge in [-0.2, -0.15) is 5.10 Å². The summed E-state index contributed by atoms with van der Waals surface area (Å²) in [5.41, 5.74) is 7.87. The van der Waals surface area contributed by atoms with E-state index in [1.165, 1.54) is 0 Å². The van der Waals surface area contributed by atoms with Crippen LogP contribution in [-0.4, -0.2) is 11.6 Å². The molecule has 0 saturated heterocycles. The Hall–Kier alpha value is -3.34. The summed E-state index contributed by atoms with van der Waals surface area (Å²) in [5.74, 6) is 1.02. The molecule has 1 aromatic heterocycles. The summed E-state index contributed by atoms with van der Waals surface area (Å²) in [6.07, 6.45) is 1.59. The summed E-state index contributed by atoms with van der Waals surface area (Å²) in [4.78, 5) is 12.8. The maximum absolute atomic E-state index is 12.8. The number of hydrogen-bond donors (Lipinski definition) is 2. The van der Waals surface area contributed by atoms with Crippen molar-refractivity contribution in [1.29, 1.82) is 0 Å². The van der Waals surface area contributed by atoms with Gasteiger partial charge in [0.1, 0.15) is 5.76 Å². The molecule has 0 unspecified atom stereocenters. The van der Waals surface area contributed by atoms with Gasteiger partial charge in [0, 0.05) is 24.1 Å². The standard InChI is InChI=1S/C25H27N3O2/c1-17-22-20(28-27-19-12-8-5-9-13-19)14-25(2,3)15-21(22)30-23(17)24(29)26-16-18-10-6-4-7-11-18/h4-13,27H,14-16H2,1-3H3,(H,26,29)/b28-20-. The summed E-state index contributed by atoms with van der Waals surface area (Å²) >= 11 is 0. The van der Waals surface area contributed by atoms with Crippen LogP contribution in [0.2, 0.25) is 0 Å². The molecule has 0 atom stereocenters. The number of benzene rings is 2. The second-order valence-corrected chi connectivity index (χ2v) is 8.58. The third-order valence-corrected chi connectivity index (χ3v) is 5.39. The van der Waals surface area contributed by atoms with Crippen LogP contribution < -0.4 is 10.7 Å². The molecule has 30 heavy (non-hydrogen) atoms. The first-order valence-corrected chi connectivity index (χ1v) is 10.3. The Kier molecular flexibility index (Phi) is 5.44. The Labute approximate surface area is 177 Å². The monoisotopic (exact) mass is 401 g/mol. The van der Waals surface area contributed by atoms with Crippen molar-refractivity contribution < 1.29 is 9.21 Å². The number of anilines is 1. The lowest BCUT2D eigenvalue weighted by Gasteiger charge is -2.29. The van der Waals surface area contributed by atoms with E-state index < -0.39 is 0 Å². The molecule has 0 saturated carbocycles. The largest absolute Gasteiger partial charge is 0.455 e. The van der Waals surface area contributed by atoms with Crippen LogP contribution in [0.3, 0.4) is 0 Å². The number of para-hydroxylation sites is 1. The van der Waals surface area contributed by atoms with E-state index in [-0.39, 0.29) is 11.3 Å². The van der Waals surface area contributed by atoms with Crippen molar-refractivity contribution in [3.63, 3.8) is 0 Å². The molecule has 1 heterocycles. The Morgan fingerprint density at radius 1 is 1.03 bits per heavy atom. The van der Waals surface area contributed by atoms with E-state index in [9.17, 15) is 4.79 Å². The first-order valence-electron chi connectivity index (χ1n) is 10.3. The van der Waals surface area contributed by atoms with Crippen LogP contribution in [0.1, 0.15) is 53.3 Å². The highest BCUT2D eigenvalue weighted by atomic mass is 16.4. The molecule has 0 fully saturated rings. The number of hydrogen-bond acceptors (Lipinski definition) is 4. The first kappa shape index (κ1) is 20.0. The fourth-order valence-electron chi connectivity index (χ4n) is 3.93. The lowest BCUT2D eigenvalue weighted by molar-refractivity contribution is 0.0919. The topological polar surface area (TPSA) is 66.6 Å². The zero-order chi connectivity index (χ0) is 21.1. The third kappa shape index (κ3) is 4.30. The quantitative estimate of drug-likeness (QED) is 0.570. The molecule has 5 nitrogen and oxygen atoms in total. The molecular weight excluding hydrogens is 374 g/mol. The van der Waals surface area contributed by atoms with E-state index in [1.807, 2.05) is 67.6 Å². The molecule has 1 aliphatic rings. The van der Waals surface area contributed by atoms with Gasteiger partial charge in [0.2, 0.25) is 0 Å². The fourth-order valence-corrected chi connectivity index (χ4v) is 3.93. The number of nitrogens with one attached hydrogen (secondary N) is 2. The average Bonchev–Trinajstić information content (AvgIpc) is 3.07. The van der Waals surface area contributed by atoms with E-state index in [0.717, 1.165) is 46.7 Å². The van der Waals surface area contributed by atoms with Gasteiger partial charge in [-0.05, 0) is 36.5 Å². The number of carbonyl (C=O) groups excluding carboxylic acids is 1. The van der Waals surface area contributed by atoms with Gasteiger partial charge in [-0.3, -0.25) is 10.2 Å². The predicted molar refractivity (Wildman–Crippen MR) is 120 cm³/mol. The van der Waals surface area contributed by atoms with Crippen LogP contribution in [0.4, 0.5) is 5.69 Å². The van der Waals surface area contributed by atoms with Gasteiger partial charge in [-0.25, -0.2) is 0 Å². The molecule has 154 valence electrons. The number of furan rings is 1. The third-order valence-electron chi connectivity index (χ3n) is 5.39. The van der Waals surface area contributed by atoms with Crippen molar-refractivity contribution >= 4 is 17.3 Å². The second kappa shape index (κ2) is 8.19. The van der Waals surface area contributed by atoms with Crippen molar-refractivity contribution in [2.24, 2.45) is 10.5 Å². The SMILES string of the molecule is Cc1c(C(=O)NCc2ccccc2)oc2c1/C(=N\Nc1ccccc1)CC(C)(C)C2. The summed E-state index contributed by atoms with van der Waals surface area (Å²) in [5, 5.41) is 7.66. The highest BCUT2D eigenvalue weighted by Gasteiger charge is 2.36. The summed E-state index contributed by atoms with van der Waals surface area (Å²) < 4.78 is 6.08. The Morgan fingerprint density at radius 3 is 2.40 bits per heavy atom. The number of rotatable bonds is 5. The van der Waals surface area contributed by atoms with Gasteiger partial charge in [-0.15, -0.1) is 0 Å². The summed E-state index contributed by atoms with van der Waals surface area (Å²) in [7, 11) is 0. The molecule has 2 N–H and O–H groups in total. The van der Waals surface area contributed by atoms with Gasteiger partial charge in [0.25, 0.3) is 5.91 Å². The Bertz CT molecular complexity index is 1070. The number of fused-ring (bicyclic) bond motifs is 1. The summed E-state index contributed by atoms with van der Waals surface area (Å²) in [6.45, 7) is 6.80.